The van der Waals surface area contributed by atoms with Gasteiger partial charge in [-0.3, -0.25) is 4.55 Å². The summed E-state index contributed by atoms with van der Waals surface area (Å²) >= 11 is 0. The molecule has 102 valence electrons. The molecule has 2 rings (SSSR count). The lowest BCUT2D eigenvalue weighted by Crippen LogP contribution is -2.03. The Bertz CT molecular complexity index is 485. The van der Waals surface area contributed by atoms with Crippen LogP contribution in [0.2, 0.25) is 0 Å². The molecule has 1 aliphatic heterocycles. The lowest BCUT2D eigenvalue weighted by Gasteiger charge is -2.02. The minimum absolute atomic E-state index is 0.177. The van der Waals surface area contributed by atoms with Crippen molar-refractivity contribution in [3.8, 4) is 11.5 Å². The van der Waals surface area contributed by atoms with Crippen LogP contribution < -0.4 is 0 Å². The summed E-state index contributed by atoms with van der Waals surface area (Å²) in [5.41, 5.74) is 0. The van der Waals surface area contributed by atoms with Crippen molar-refractivity contribution in [2.75, 3.05) is 11.5 Å². The third-order valence-electron chi connectivity index (χ3n) is 2.29. The Balaban J connectivity index is 0.000000280. The number of rotatable bonds is 1. The molecule has 0 bridgehead atoms. The molecule has 1 saturated heterocycles. The predicted octanol–water partition coefficient (Wildman–Crippen LogP) is 0.873. The molecule has 1 heterocycles. The van der Waals surface area contributed by atoms with Crippen molar-refractivity contribution in [2.24, 2.45) is 0 Å². The van der Waals surface area contributed by atoms with Gasteiger partial charge in [0.15, 0.2) is 10.6 Å². The van der Waals surface area contributed by atoms with Crippen LogP contribution >= 0.6 is 0 Å². The van der Waals surface area contributed by atoms with Gasteiger partial charge in [0, 0.05) is 17.0 Å². The lowest BCUT2D eigenvalue weighted by molar-refractivity contribution is 0.366. The highest BCUT2D eigenvalue weighted by atomic mass is 32.3. The van der Waals surface area contributed by atoms with Gasteiger partial charge in [-0.05, 0) is 25.0 Å². The summed E-state index contributed by atoms with van der Waals surface area (Å²) in [5, 5.41) is 18.9. The molecule has 6 nitrogen and oxygen atoms in total. The van der Waals surface area contributed by atoms with Crippen LogP contribution in [-0.2, 0) is 21.3 Å². The summed E-state index contributed by atoms with van der Waals surface area (Å²) in [6.07, 6.45) is 2.50. The zero-order valence-electron chi connectivity index (χ0n) is 9.44. The fraction of sp³-hybridized carbons (Fsp3) is 0.400. The average Bonchev–Trinajstić information content (AvgIpc) is 2.72. The highest BCUT2D eigenvalue weighted by Crippen LogP contribution is 2.32. The van der Waals surface area contributed by atoms with Gasteiger partial charge in [0.05, 0.1) is 0 Å². The van der Waals surface area contributed by atoms with Crippen molar-refractivity contribution in [2.45, 2.75) is 17.7 Å². The smallest absolute Gasteiger partial charge is 0.215 e. The van der Waals surface area contributed by atoms with Gasteiger partial charge < -0.3 is 14.8 Å². The molecule has 8 heteroatoms. The fourth-order valence-corrected chi connectivity index (χ4v) is 4.01. The number of hydrogen-bond acceptors (Lipinski definition) is 5. The molecular formula is C10H14O6S2. The molecule has 1 aromatic rings. The number of benzene rings is 1. The molecule has 1 aliphatic rings. The Hall–Kier alpha value is -0.960. The lowest BCUT2D eigenvalue weighted by atomic mass is 10.3. The summed E-state index contributed by atoms with van der Waals surface area (Å²) in [6.45, 7) is 0. The Morgan fingerprint density at radius 1 is 1.17 bits per heavy atom. The maximum atomic E-state index is 9.59. The zero-order chi connectivity index (χ0) is 13.8. The molecule has 0 amide bonds. The van der Waals surface area contributed by atoms with Crippen molar-refractivity contribution < 1.29 is 27.7 Å². The maximum Gasteiger partial charge on any atom is 0.215 e. The molecule has 1 fully saturated rings. The van der Waals surface area contributed by atoms with E-state index in [9.17, 15) is 10.2 Å². The van der Waals surface area contributed by atoms with Crippen LogP contribution in [0.3, 0.4) is 0 Å². The van der Waals surface area contributed by atoms with Gasteiger partial charge in [-0.2, -0.15) is 0 Å². The molecule has 0 aliphatic carbocycles. The van der Waals surface area contributed by atoms with Crippen molar-refractivity contribution in [3.05, 3.63) is 18.2 Å². The molecular weight excluding hydrogens is 280 g/mol. The molecule has 18 heavy (non-hydrogen) atoms. The third-order valence-corrected chi connectivity index (χ3v) is 4.80. The molecule has 0 radical (unpaired) electrons. The first-order valence-corrected chi connectivity index (χ1v) is 8.08. The van der Waals surface area contributed by atoms with E-state index in [-0.39, 0.29) is 16.6 Å². The summed E-state index contributed by atoms with van der Waals surface area (Å²) in [7, 11) is -4.74. The quantitative estimate of drug-likeness (QED) is 0.306. The second kappa shape index (κ2) is 6.28. The number of hydrogen-bond donors (Lipinski definition) is 3. The molecule has 0 unspecified atom stereocenters. The van der Waals surface area contributed by atoms with Gasteiger partial charge >= 0.3 is 0 Å². The summed E-state index contributed by atoms with van der Waals surface area (Å²) in [5.74, 6) is 2.92. The molecule has 3 N–H and O–H groups in total. The van der Waals surface area contributed by atoms with E-state index in [1.54, 1.807) is 12.1 Å². The van der Waals surface area contributed by atoms with E-state index in [2.05, 4.69) is 0 Å². The van der Waals surface area contributed by atoms with Crippen LogP contribution in [0.1, 0.15) is 12.8 Å². The summed E-state index contributed by atoms with van der Waals surface area (Å²) in [6, 6.07) is 4.80. The van der Waals surface area contributed by atoms with Crippen molar-refractivity contribution >= 4 is 21.3 Å². The average molecular weight is 294 g/mol. The molecule has 0 aromatic heterocycles. The fourth-order valence-electron chi connectivity index (χ4n) is 1.61. The SMILES string of the molecule is O=S(=O)([O-])O.Oc1ccc(O)c([S+]2CCCC2)c1. The van der Waals surface area contributed by atoms with E-state index >= 15 is 0 Å². The van der Waals surface area contributed by atoms with E-state index in [0.717, 1.165) is 16.4 Å². The van der Waals surface area contributed by atoms with E-state index in [0.29, 0.717) is 5.75 Å². The van der Waals surface area contributed by atoms with Gasteiger partial charge in [0.1, 0.15) is 17.3 Å². The molecule has 0 atom stereocenters. The Morgan fingerprint density at radius 3 is 2.17 bits per heavy atom. The Kier molecular flexibility index (Phi) is 5.27. The van der Waals surface area contributed by atoms with E-state index in [1.807, 2.05) is 0 Å². The van der Waals surface area contributed by atoms with Crippen molar-refractivity contribution in [3.63, 3.8) is 0 Å². The highest BCUT2D eigenvalue weighted by molar-refractivity contribution is 7.97. The highest BCUT2D eigenvalue weighted by Gasteiger charge is 2.29. The Labute approximate surface area is 108 Å². The number of phenols is 2. The van der Waals surface area contributed by atoms with E-state index in [4.69, 9.17) is 17.5 Å². The summed E-state index contributed by atoms with van der Waals surface area (Å²) < 4.78 is 32.8. The van der Waals surface area contributed by atoms with Crippen LogP contribution in [0.15, 0.2) is 23.1 Å². The van der Waals surface area contributed by atoms with Crippen LogP contribution in [0.25, 0.3) is 0 Å². The molecule has 0 spiro atoms. The number of phenolic OH excluding ortho intramolecular Hbond substituents is 2. The van der Waals surface area contributed by atoms with Gasteiger partial charge in [0.2, 0.25) is 10.4 Å². The van der Waals surface area contributed by atoms with Gasteiger partial charge in [-0.15, -0.1) is 0 Å². The van der Waals surface area contributed by atoms with Crippen LogP contribution in [-0.4, -0.2) is 39.2 Å². The van der Waals surface area contributed by atoms with Crippen molar-refractivity contribution in [1.82, 2.24) is 0 Å². The van der Waals surface area contributed by atoms with Crippen LogP contribution in [0.5, 0.6) is 11.5 Å². The number of aromatic hydroxyl groups is 2. The minimum atomic E-state index is -4.92. The summed E-state index contributed by atoms with van der Waals surface area (Å²) in [4.78, 5) is 0.942. The first-order valence-electron chi connectivity index (χ1n) is 5.15. The second-order valence-electron chi connectivity index (χ2n) is 3.69. The molecule has 0 saturated carbocycles. The standard InChI is InChI=1S/C10H12O2S.H2O4S/c11-8-3-4-9(12)10(7-8)13-5-1-2-6-13;1-5(2,3)4/h3-4,7H,1-2,5-6H2,(H-,11,12);(H2,1,2,3,4). The largest absolute Gasteiger partial charge is 0.726 e. The van der Waals surface area contributed by atoms with Gasteiger partial charge in [-0.1, -0.05) is 0 Å². The second-order valence-corrected chi connectivity index (χ2v) is 6.79. The predicted molar refractivity (Wildman–Crippen MR) is 66.7 cm³/mol. The third kappa shape index (κ3) is 5.58. The van der Waals surface area contributed by atoms with Gasteiger partial charge in [-0.25, -0.2) is 8.42 Å². The van der Waals surface area contributed by atoms with Crippen LogP contribution in [0, 0.1) is 0 Å². The Morgan fingerprint density at radius 2 is 1.67 bits per heavy atom. The van der Waals surface area contributed by atoms with Gasteiger partial charge in [0.25, 0.3) is 0 Å². The minimum Gasteiger partial charge on any atom is -0.726 e. The normalized spacial score (nSPS) is 16.1. The monoisotopic (exact) mass is 294 g/mol. The first kappa shape index (κ1) is 15.1. The first-order chi connectivity index (χ1) is 8.27. The van der Waals surface area contributed by atoms with Crippen LogP contribution in [0.4, 0.5) is 0 Å². The zero-order valence-corrected chi connectivity index (χ0v) is 11.1. The van der Waals surface area contributed by atoms with E-state index in [1.165, 1.54) is 18.9 Å². The topological polar surface area (TPSA) is 118 Å². The molecule has 1 aromatic carbocycles. The van der Waals surface area contributed by atoms with Crippen molar-refractivity contribution in [1.29, 1.82) is 0 Å². The van der Waals surface area contributed by atoms with E-state index < -0.39 is 10.4 Å². The maximum absolute atomic E-state index is 9.59.